The first-order valence-electron chi connectivity index (χ1n) is 9.17. The number of rotatable bonds is 6. The van der Waals surface area contributed by atoms with Crippen molar-refractivity contribution in [3.63, 3.8) is 0 Å². The van der Waals surface area contributed by atoms with Crippen LogP contribution >= 0.6 is 24.8 Å². The second-order valence-corrected chi connectivity index (χ2v) is 6.57. The molecule has 1 amide bonds. The third kappa shape index (κ3) is 6.55. The lowest BCUT2D eigenvalue weighted by Gasteiger charge is -2.27. The van der Waals surface area contributed by atoms with E-state index < -0.39 is 0 Å². The van der Waals surface area contributed by atoms with Crippen LogP contribution in [0, 0.1) is 0 Å². The predicted octanol–water partition coefficient (Wildman–Crippen LogP) is 4.07. The van der Waals surface area contributed by atoms with Gasteiger partial charge in [-0.1, -0.05) is 0 Å². The van der Waals surface area contributed by atoms with Crippen molar-refractivity contribution in [3.05, 3.63) is 48.2 Å². The number of pyridine rings is 1. The second-order valence-electron chi connectivity index (χ2n) is 6.57. The summed E-state index contributed by atoms with van der Waals surface area (Å²) in [5, 5.41) is 6.33. The van der Waals surface area contributed by atoms with Gasteiger partial charge in [-0.2, -0.15) is 0 Å². The standard InChI is InChI=1S/C20H26N4O2.2ClH/c1-2-26-17-11-9-15(10-12-17)23-19-18(4-3-13-22-19)20(25)24-16-7-5-14(21)6-8-16;;/h3-4,9-14,16H,2,5-8,21H2,1H3,(H,22,23)(H,24,25);2*1H. The van der Waals surface area contributed by atoms with Gasteiger partial charge in [0.2, 0.25) is 0 Å². The van der Waals surface area contributed by atoms with Crippen LogP contribution < -0.4 is 21.1 Å². The van der Waals surface area contributed by atoms with Crippen molar-refractivity contribution in [2.24, 2.45) is 5.73 Å². The highest BCUT2D eigenvalue weighted by Gasteiger charge is 2.22. The van der Waals surface area contributed by atoms with Crippen molar-refractivity contribution >= 4 is 42.2 Å². The molecular weight excluding hydrogens is 399 g/mol. The van der Waals surface area contributed by atoms with E-state index in [0.29, 0.717) is 18.0 Å². The number of halogens is 2. The first kappa shape index (κ1) is 24.0. The Balaban J connectivity index is 0.00000196. The molecule has 1 saturated carbocycles. The first-order chi connectivity index (χ1) is 12.7. The quantitative estimate of drug-likeness (QED) is 0.647. The van der Waals surface area contributed by atoms with Gasteiger partial charge in [0, 0.05) is 24.0 Å². The lowest BCUT2D eigenvalue weighted by molar-refractivity contribution is 0.0926. The van der Waals surface area contributed by atoms with E-state index >= 15 is 0 Å². The number of hydrogen-bond donors (Lipinski definition) is 3. The van der Waals surface area contributed by atoms with Crippen LogP contribution in [0.3, 0.4) is 0 Å². The lowest BCUT2D eigenvalue weighted by atomic mass is 9.91. The number of benzene rings is 1. The Morgan fingerprint density at radius 1 is 1.14 bits per heavy atom. The van der Waals surface area contributed by atoms with Crippen molar-refractivity contribution in [2.75, 3.05) is 11.9 Å². The maximum atomic E-state index is 12.7. The summed E-state index contributed by atoms with van der Waals surface area (Å²) in [7, 11) is 0. The molecule has 1 aliphatic carbocycles. The zero-order valence-corrected chi connectivity index (χ0v) is 17.5. The molecule has 0 aliphatic heterocycles. The zero-order chi connectivity index (χ0) is 18.4. The van der Waals surface area contributed by atoms with E-state index in [1.807, 2.05) is 31.2 Å². The highest BCUT2D eigenvalue weighted by Crippen LogP contribution is 2.22. The minimum absolute atomic E-state index is 0. The number of nitrogens with one attached hydrogen (secondary N) is 2. The Bertz CT molecular complexity index is 735. The van der Waals surface area contributed by atoms with Gasteiger partial charge in [0.15, 0.2) is 0 Å². The van der Waals surface area contributed by atoms with Crippen molar-refractivity contribution in [1.29, 1.82) is 0 Å². The zero-order valence-electron chi connectivity index (χ0n) is 15.9. The van der Waals surface area contributed by atoms with Gasteiger partial charge in [0.1, 0.15) is 11.6 Å². The van der Waals surface area contributed by atoms with Crippen LogP contribution in [0.25, 0.3) is 0 Å². The lowest BCUT2D eigenvalue weighted by Crippen LogP contribution is -2.40. The molecule has 1 aliphatic rings. The monoisotopic (exact) mass is 426 g/mol. The highest BCUT2D eigenvalue weighted by atomic mass is 35.5. The number of amides is 1. The van der Waals surface area contributed by atoms with Gasteiger partial charge in [-0.15, -0.1) is 24.8 Å². The highest BCUT2D eigenvalue weighted by molar-refractivity contribution is 5.99. The molecule has 3 rings (SSSR count). The number of aromatic nitrogens is 1. The van der Waals surface area contributed by atoms with Gasteiger partial charge in [-0.05, 0) is 69.0 Å². The van der Waals surface area contributed by atoms with E-state index in [4.69, 9.17) is 10.5 Å². The summed E-state index contributed by atoms with van der Waals surface area (Å²) in [6.07, 6.45) is 5.43. The Morgan fingerprint density at radius 2 is 1.82 bits per heavy atom. The van der Waals surface area contributed by atoms with Gasteiger partial charge in [0.05, 0.1) is 12.2 Å². The molecule has 0 radical (unpaired) electrons. The molecule has 0 saturated heterocycles. The molecule has 2 aromatic rings. The van der Waals surface area contributed by atoms with Crippen molar-refractivity contribution < 1.29 is 9.53 Å². The molecule has 0 atom stereocenters. The molecule has 28 heavy (non-hydrogen) atoms. The van der Waals surface area contributed by atoms with E-state index in [9.17, 15) is 4.79 Å². The van der Waals surface area contributed by atoms with Crippen molar-refractivity contribution in [2.45, 2.75) is 44.7 Å². The molecule has 0 spiro atoms. The third-order valence-corrected chi connectivity index (χ3v) is 4.59. The third-order valence-electron chi connectivity index (χ3n) is 4.59. The molecule has 0 bridgehead atoms. The maximum Gasteiger partial charge on any atom is 0.255 e. The summed E-state index contributed by atoms with van der Waals surface area (Å²) >= 11 is 0. The first-order valence-corrected chi connectivity index (χ1v) is 9.17. The van der Waals surface area contributed by atoms with Gasteiger partial charge in [0.25, 0.3) is 5.91 Å². The van der Waals surface area contributed by atoms with Gasteiger partial charge in [-0.25, -0.2) is 4.98 Å². The van der Waals surface area contributed by atoms with E-state index in [-0.39, 0.29) is 42.8 Å². The van der Waals surface area contributed by atoms with Gasteiger partial charge < -0.3 is 21.1 Å². The summed E-state index contributed by atoms with van der Waals surface area (Å²) in [6.45, 7) is 2.58. The molecule has 1 aromatic heterocycles. The Labute approximate surface area is 178 Å². The maximum absolute atomic E-state index is 12.7. The summed E-state index contributed by atoms with van der Waals surface area (Å²) in [5.41, 5.74) is 7.33. The normalized spacial score (nSPS) is 18.2. The topological polar surface area (TPSA) is 89.3 Å². The number of hydrogen-bond acceptors (Lipinski definition) is 5. The Morgan fingerprint density at radius 3 is 2.46 bits per heavy atom. The number of nitrogens with two attached hydrogens (primary N) is 1. The van der Waals surface area contributed by atoms with Crippen molar-refractivity contribution in [3.8, 4) is 5.75 Å². The van der Waals surface area contributed by atoms with Crippen LogP contribution in [0.2, 0.25) is 0 Å². The average Bonchev–Trinajstić information content (AvgIpc) is 2.66. The van der Waals surface area contributed by atoms with Gasteiger partial charge >= 0.3 is 0 Å². The minimum atomic E-state index is -0.105. The molecule has 0 unspecified atom stereocenters. The predicted molar refractivity (Wildman–Crippen MR) is 117 cm³/mol. The number of carbonyl (C=O) groups excluding carboxylic acids is 1. The van der Waals surface area contributed by atoms with Crippen LogP contribution in [-0.4, -0.2) is 29.6 Å². The largest absolute Gasteiger partial charge is 0.494 e. The Kier molecular flexibility index (Phi) is 10.1. The van der Waals surface area contributed by atoms with E-state index in [1.54, 1.807) is 18.3 Å². The van der Waals surface area contributed by atoms with Crippen LogP contribution in [0.4, 0.5) is 11.5 Å². The molecule has 8 heteroatoms. The smallest absolute Gasteiger partial charge is 0.255 e. The number of ether oxygens (including phenoxy) is 1. The van der Waals surface area contributed by atoms with Crippen LogP contribution in [-0.2, 0) is 0 Å². The summed E-state index contributed by atoms with van der Waals surface area (Å²) in [6, 6.07) is 11.6. The number of nitrogens with zero attached hydrogens (tertiary/aromatic N) is 1. The number of carbonyl (C=O) groups is 1. The summed E-state index contributed by atoms with van der Waals surface area (Å²) in [4.78, 5) is 17.0. The minimum Gasteiger partial charge on any atom is -0.494 e. The second kappa shape index (κ2) is 11.7. The van der Waals surface area contributed by atoms with Crippen molar-refractivity contribution in [1.82, 2.24) is 10.3 Å². The van der Waals surface area contributed by atoms with E-state index in [1.165, 1.54) is 0 Å². The van der Waals surface area contributed by atoms with Crippen LogP contribution in [0.5, 0.6) is 5.75 Å². The fraction of sp³-hybridized carbons (Fsp3) is 0.400. The molecule has 1 fully saturated rings. The fourth-order valence-electron chi connectivity index (χ4n) is 3.15. The number of anilines is 2. The molecular formula is C20H28Cl2N4O2. The van der Waals surface area contributed by atoms with E-state index in [0.717, 1.165) is 37.1 Å². The summed E-state index contributed by atoms with van der Waals surface area (Å²) in [5.74, 6) is 1.25. The molecule has 6 nitrogen and oxygen atoms in total. The Hall–Kier alpha value is -2.02. The summed E-state index contributed by atoms with van der Waals surface area (Å²) < 4.78 is 5.45. The van der Waals surface area contributed by atoms with Crippen LogP contribution in [0.15, 0.2) is 42.6 Å². The van der Waals surface area contributed by atoms with Crippen LogP contribution in [0.1, 0.15) is 43.0 Å². The average molecular weight is 427 g/mol. The fourth-order valence-corrected chi connectivity index (χ4v) is 3.15. The van der Waals surface area contributed by atoms with Gasteiger partial charge in [-0.3, -0.25) is 4.79 Å². The molecule has 1 heterocycles. The molecule has 154 valence electrons. The molecule has 1 aromatic carbocycles. The SMILES string of the molecule is CCOc1ccc(Nc2ncccc2C(=O)NC2CCC(N)CC2)cc1.Cl.Cl. The molecule has 4 N–H and O–H groups in total. The van der Waals surface area contributed by atoms with E-state index in [2.05, 4.69) is 15.6 Å².